The second kappa shape index (κ2) is 8.35. The number of fused-ring (bicyclic) bond motifs is 1. The molecule has 1 atom stereocenters. The zero-order valence-corrected chi connectivity index (χ0v) is 16.8. The monoisotopic (exact) mass is 417 g/mol. The second-order valence-electron chi connectivity index (χ2n) is 7.76. The average Bonchev–Trinajstić information content (AvgIpc) is 3.24. The summed E-state index contributed by atoms with van der Waals surface area (Å²) in [5.41, 5.74) is 4.45. The highest BCUT2D eigenvalue weighted by molar-refractivity contribution is 5.32. The number of benzene rings is 3. The van der Waals surface area contributed by atoms with Gasteiger partial charge in [0.2, 0.25) is 0 Å². The molecule has 7 heteroatoms. The van der Waals surface area contributed by atoms with Gasteiger partial charge in [-0.1, -0.05) is 48.5 Å². The van der Waals surface area contributed by atoms with Gasteiger partial charge in [0.1, 0.15) is 11.6 Å². The van der Waals surface area contributed by atoms with Crippen LogP contribution in [-0.2, 0) is 19.5 Å². The number of aromatic nitrogens is 4. The Balaban J connectivity index is 1.52. The third-order valence-electron chi connectivity index (χ3n) is 5.76. The number of hydrogen-bond acceptors (Lipinski definition) is 4. The van der Waals surface area contributed by atoms with E-state index in [1.54, 1.807) is 28.9 Å². The van der Waals surface area contributed by atoms with E-state index >= 15 is 0 Å². The maximum absolute atomic E-state index is 13.6. The van der Waals surface area contributed by atoms with Gasteiger partial charge in [0.25, 0.3) is 0 Å². The largest absolute Gasteiger partial charge is 0.285 e. The van der Waals surface area contributed by atoms with Gasteiger partial charge in [-0.3, -0.25) is 4.90 Å². The molecule has 1 aromatic heterocycles. The van der Waals surface area contributed by atoms with Gasteiger partial charge in [0.15, 0.2) is 5.82 Å². The molecule has 2 heterocycles. The highest BCUT2D eigenvalue weighted by atomic mass is 19.1. The van der Waals surface area contributed by atoms with Crippen LogP contribution in [0.3, 0.4) is 0 Å². The van der Waals surface area contributed by atoms with Crippen LogP contribution < -0.4 is 0 Å². The minimum atomic E-state index is -0.281. The molecule has 5 nitrogen and oxygen atoms in total. The number of hydrogen-bond donors (Lipinski definition) is 0. The molecule has 1 aliphatic rings. The third-order valence-corrected chi connectivity index (χ3v) is 5.76. The summed E-state index contributed by atoms with van der Waals surface area (Å²) in [5, 5.41) is 12.5. The fourth-order valence-electron chi connectivity index (χ4n) is 4.19. The van der Waals surface area contributed by atoms with Crippen LogP contribution in [0.15, 0.2) is 72.8 Å². The first-order valence-electron chi connectivity index (χ1n) is 10.2. The van der Waals surface area contributed by atoms with E-state index in [1.807, 2.05) is 6.07 Å². The quantitative estimate of drug-likeness (QED) is 0.490. The number of halogens is 2. The van der Waals surface area contributed by atoms with Crippen molar-refractivity contribution in [1.29, 1.82) is 0 Å². The van der Waals surface area contributed by atoms with Crippen molar-refractivity contribution in [2.45, 2.75) is 25.6 Å². The molecular formula is C24H21F2N5. The van der Waals surface area contributed by atoms with Gasteiger partial charge in [0, 0.05) is 13.1 Å². The fourth-order valence-corrected chi connectivity index (χ4v) is 4.19. The molecule has 0 N–H and O–H groups in total. The van der Waals surface area contributed by atoms with E-state index < -0.39 is 0 Å². The van der Waals surface area contributed by atoms with E-state index in [-0.39, 0.29) is 17.7 Å². The van der Waals surface area contributed by atoms with Gasteiger partial charge in [-0.25, -0.2) is 13.5 Å². The SMILES string of the molecule is Fc1ccc(Cn2nnnc2[C@H](c2ccc(F)cc2)N2CCc3ccccc3C2)cc1. The van der Waals surface area contributed by atoms with Crippen molar-refractivity contribution in [2.75, 3.05) is 6.54 Å². The summed E-state index contributed by atoms with van der Waals surface area (Å²) < 4.78 is 28.7. The molecule has 0 bridgehead atoms. The van der Waals surface area contributed by atoms with Crippen LogP contribution in [0.1, 0.15) is 34.1 Å². The predicted molar refractivity (Wildman–Crippen MR) is 112 cm³/mol. The van der Waals surface area contributed by atoms with Crippen LogP contribution in [0.2, 0.25) is 0 Å². The molecular weight excluding hydrogens is 396 g/mol. The molecule has 31 heavy (non-hydrogen) atoms. The average molecular weight is 417 g/mol. The first kappa shape index (κ1) is 19.5. The molecule has 5 rings (SSSR count). The summed E-state index contributed by atoms with van der Waals surface area (Å²) in [6.07, 6.45) is 0.924. The van der Waals surface area contributed by atoms with Crippen LogP contribution in [-0.4, -0.2) is 31.7 Å². The minimum absolute atomic E-state index is 0.232. The Morgan fingerprint density at radius 2 is 1.52 bits per heavy atom. The lowest BCUT2D eigenvalue weighted by Crippen LogP contribution is -2.36. The Morgan fingerprint density at radius 3 is 2.26 bits per heavy atom. The van der Waals surface area contributed by atoms with Crippen molar-refractivity contribution in [3.05, 3.63) is 113 Å². The molecule has 156 valence electrons. The van der Waals surface area contributed by atoms with Gasteiger partial charge in [-0.2, -0.15) is 0 Å². The lowest BCUT2D eigenvalue weighted by atomic mass is 9.96. The maximum atomic E-state index is 13.6. The number of nitrogens with zero attached hydrogens (tertiary/aromatic N) is 5. The van der Waals surface area contributed by atoms with Crippen molar-refractivity contribution in [3.8, 4) is 0 Å². The summed E-state index contributed by atoms with van der Waals surface area (Å²) in [5.74, 6) is 0.115. The van der Waals surface area contributed by atoms with Crippen LogP contribution in [0, 0.1) is 11.6 Å². The maximum Gasteiger partial charge on any atom is 0.173 e. The molecule has 1 aliphatic heterocycles. The first-order chi connectivity index (χ1) is 15.2. The Labute approximate surface area is 178 Å². The lowest BCUT2D eigenvalue weighted by molar-refractivity contribution is 0.195. The van der Waals surface area contributed by atoms with E-state index in [2.05, 4.69) is 38.6 Å². The Hall–Kier alpha value is -3.45. The zero-order valence-electron chi connectivity index (χ0n) is 16.8. The molecule has 3 aromatic carbocycles. The lowest BCUT2D eigenvalue weighted by Gasteiger charge is -2.35. The minimum Gasteiger partial charge on any atom is -0.285 e. The molecule has 0 saturated heterocycles. The smallest absolute Gasteiger partial charge is 0.173 e. The van der Waals surface area contributed by atoms with E-state index in [9.17, 15) is 8.78 Å². The first-order valence-corrected chi connectivity index (χ1v) is 10.2. The Bertz CT molecular complexity index is 1170. The molecule has 0 fully saturated rings. The van der Waals surface area contributed by atoms with Gasteiger partial charge in [-0.05, 0) is 63.4 Å². The third kappa shape index (κ3) is 4.09. The molecule has 0 saturated carbocycles. The topological polar surface area (TPSA) is 46.8 Å². The van der Waals surface area contributed by atoms with Crippen LogP contribution in [0.5, 0.6) is 0 Å². The molecule has 0 unspecified atom stereocenters. The van der Waals surface area contributed by atoms with Gasteiger partial charge >= 0.3 is 0 Å². The molecule has 0 amide bonds. The normalized spacial score (nSPS) is 14.9. The van der Waals surface area contributed by atoms with Crippen LogP contribution in [0.4, 0.5) is 8.78 Å². The van der Waals surface area contributed by atoms with E-state index in [1.165, 1.54) is 35.4 Å². The summed E-state index contributed by atoms with van der Waals surface area (Å²) in [6, 6.07) is 21.0. The summed E-state index contributed by atoms with van der Waals surface area (Å²) >= 11 is 0. The highest BCUT2D eigenvalue weighted by Crippen LogP contribution is 2.32. The summed E-state index contributed by atoms with van der Waals surface area (Å²) in [6.45, 7) is 2.01. The van der Waals surface area contributed by atoms with E-state index in [4.69, 9.17) is 0 Å². The van der Waals surface area contributed by atoms with Crippen LogP contribution in [0.25, 0.3) is 0 Å². The summed E-state index contributed by atoms with van der Waals surface area (Å²) in [4.78, 5) is 2.32. The fraction of sp³-hybridized carbons (Fsp3) is 0.208. The van der Waals surface area contributed by atoms with Crippen molar-refractivity contribution < 1.29 is 8.78 Å². The summed E-state index contributed by atoms with van der Waals surface area (Å²) in [7, 11) is 0. The number of tetrazole rings is 1. The van der Waals surface area contributed by atoms with Gasteiger partial charge in [-0.15, -0.1) is 5.10 Å². The standard InChI is InChI=1S/C24H21F2N5/c25-21-9-5-17(6-10-21)15-31-24(27-28-29-31)23(19-7-11-22(26)12-8-19)30-14-13-18-3-1-2-4-20(18)16-30/h1-12,23H,13-16H2/t23-/m0/s1. The van der Waals surface area contributed by atoms with E-state index in [0.29, 0.717) is 12.4 Å². The van der Waals surface area contributed by atoms with Gasteiger partial charge in [0.05, 0.1) is 12.6 Å². The second-order valence-corrected chi connectivity index (χ2v) is 7.76. The van der Waals surface area contributed by atoms with Gasteiger partial charge < -0.3 is 0 Å². The van der Waals surface area contributed by atoms with Crippen molar-refractivity contribution in [2.24, 2.45) is 0 Å². The number of rotatable bonds is 5. The zero-order chi connectivity index (χ0) is 21.2. The molecule has 0 aliphatic carbocycles. The van der Waals surface area contributed by atoms with Crippen molar-refractivity contribution in [3.63, 3.8) is 0 Å². The van der Waals surface area contributed by atoms with Crippen molar-refractivity contribution >= 4 is 0 Å². The van der Waals surface area contributed by atoms with E-state index in [0.717, 1.165) is 30.6 Å². The Kier molecular flexibility index (Phi) is 5.26. The molecule has 0 radical (unpaired) electrons. The van der Waals surface area contributed by atoms with Crippen molar-refractivity contribution in [1.82, 2.24) is 25.1 Å². The predicted octanol–water partition coefficient (Wildman–Crippen LogP) is 4.15. The molecule has 4 aromatic rings. The highest BCUT2D eigenvalue weighted by Gasteiger charge is 2.30. The Morgan fingerprint density at radius 1 is 0.839 bits per heavy atom. The molecule has 0 spiro atoms. The van der Waals surface area contributed by atoms with Crippen LogP contribution >= 0.6 is 0 Å².